The van der Waals surface area contributed by atoms with Gasteiger partial charge in [-0.2, -0.15) is 0 Å². The molecule has 1 rings (SSSR count). The summed E-state index contributed by atoms with van der Waals surface area (Å²) in [5.74, 6) is -2.84. The van der Waals surface area contributed by atoms with E-state index in [1.165, 1.54) is 0 Å². The first-order valence-electron chi connectivity index (χ1n) is 10.9. The second kappa shape index (κ2) is 13.3. The molecule has 0 spiro atoms. The van der Waals surface area contributed by atoms with Crippen molar-refractivity contribution in [1.29, 1.82) is 0 Å². The van der Waals surface area contributed by atoms with E-state index in [1.807, 2.05) is 70.2 Å². The van der Waals surface area contributed by atoms with Crippen molar-refractivity contribution in [3.05, 3.63) is 48.0 Å². The Kier molecular flexibility index (Phi) is 11.6. The van der Waals surface area contributed by atoms with Crippen molar-refractivity contribution in [2.75, 3.05) is 12.8 Å². The standard InChI is InChI=1S/C23H37N3O5S/c1-17(2)15-21(22(27)24-26(16-18(3)4)32(5,30)31)20(23(28)25-29)14-10-9-13-19-11-7-6-8-12-19/h6-12,17-18,20-21,29H,13-16H2,1-5H3,(H,24,27)(H,25,28)/b10-9+. The van der Waals surface area contributed by atoms with E-state index < -0.39 is 33.7 Å². The lowest BCUT2D eigenvalue weighted by Crippen LogP contribution is -2.51. The molecule has 0 saturated heterocycles. The summed E-state index contributed by atoms with van der Waals surface area (Å²) in [6, 6.07) is 9.80. The predicted molar refractivity (Wildman–Crippen MR) is 125 cm³/mol. The highest BCUT2D eigenvalue weighted by Crippen LogP contribution is 2.25. The molecule has 0 fully saturated rings. The molecule has 0 bridgehead atoms. The fourth-order valence-corrected chi connectivity index (χ4v) is 4.20. The number of hydroxylamine groups is 1. The van der Waals surface area contributed by atoms with Gasteiger partial charge in [0.15, 0.2) is 0 Å². The minimum atomic E-state index is -3.68. The average molecular weight is 468 g/mol. The van der Waals surface area contributed by atoms with E-state index in [1.54, 1.807) is 5.48 Å². The number of allylic oxidation sites excluding steroid dienone is 2. The summed E-state index contributed by atoms with van der Waals surface area (Å²) in [7, 11) is -3.68. The van der Waals surface area contributed by atoms with Gasteiger partial charge in [-0.25, -0.2) is 13.9 Å². The third-order valence-corrected chi connectivity index (χ3v) is 5.96. The van der Waals surface area contributed by atoms with Gasteiger partial charge in [0.05, 0.1) is 18.1 Å². The highest BCUT2D eigenvalue weighted by Gasteiger charge is 2.35. The van der Waals surface area contributed by atoms with Gasteiger partial charge in [-0.15, -0.1) is 4.41 Å². The second-order valence-corrected chi connectivity index (χ2v) is 10.8. The third-order valence-electron chi connectivity index (χ3n) is 4.91. The van der Waals surface area contributed by atoms with Gasteiger partial charge in [0.25, 0.3) is 0 Å². The van der Waals surface area contributed by atoms with Crippen molar-refractivity contribution in [3.8, 4) is 0 Å². The Balaban J connectivity index is 3.06. The van der Waals surface area contributed by atoms with E-state index in [4.69, 9.17) is 0 Å². The molecule has 2 unspecified atom stereocenters. The molecule has 180 valence electrons. The van der Waals surface area contributed by atoms with Crippen LogP contribution in [0.2, 0.25) is 0 Å². The second-order valence-electron chi connectivity index (χ2n) is 8.88. The molecule has 1 aromatic carbocycles. The topological polar surface area (TPSA) is 116 Å². The first-order chi connectivity index (χ1) is 15.0. The number of benzene rings is 1. The van der Waals surface area contributed by atoms with Crippen LogP contribution < -0.4 is 10.9 Å². The summed E-state index contributed by atoms with van der Waals surface area (Å²) in [4.78, 5) is 25.6. The quantitative estimate of drug-likeness (QED) is 0.234. The Morgan fingerprint density at radius 1 is 1.00 bits per heavy atom. The number of sulfonamides is 1. The fourth-order valence-electron chi connectivity index (χ4n) is 3.38. The number of carbonyl (C=O) groups is 2. The molecule has 2 amide bonds. The van der Waals surface area contributed by atoms with Gasteiger partial charge in [-0.1, -0.05) is 70.2 Å². The maximum absolute atomic E-state index is 13.1. The van der Waals surface area contributed by atoms with E-state index in [0.717, 1.165) is 16.2 Å². The van der Waals surface area contributed by atoms with Crippen LogP contribution in [-0.4, -0.2) is 42.7 Å². The maximum Gasteiger partial charge on any atom is 0.247 e. The van der Waals surface area contributed by atoms with Gasteiger partial charge in [0.2, 0.25) is 21.8 Å². The summed E-state index contributed by atoms with van der Waals surface area (Å²) in [6.45, 7) is 7.64. The van der Waals surface area contributed by atoms with Crippen molar-refractivity contribution in [2.24, 2.45) is 23.7 Å². The van der Waals surface area contributed by atoms with Gasteiger partial charge < -0.3 is 0 Å². The van der Waals surface area contributed by atoms with Crippen LogP contribution in [0.4, 0.5) is 0 Å². The molecule has 32 heavy (non-hydrogen) atoms. The molecule has 9 heteroatoms. The summed E-state index contributed by atoms with van der Waals surface area (Å²) >= 11 is 0. The zero-order valence-corrected chi connectivity index (χ0v) is 20.4. The lowest BCUT2D eigenvalue weighted by molar-refractivity contribution is -0.141. The molecule has 2 atom stereocenters. The van der Waals surface area contributed by atoms with Gasteiger partial charge in [-0.05, 0) is 36.7 Å². The van der Waals surface area contributed by atoms with Gasteiger partial charge in [-0.3, -0.25) is 20.2 Å². The molecule has 0 aliphatic heterocycles. The van der Waals surface area contributed by atoms with Crippen molar-refractivity contribution >= 4 is 21.8 Å². The zero-order chi connectivity index (χ0) is 24.3. The Labute approximate surface area is 192 Å². The fraction of sp³-hybridized carbons (Fsp3) is 0.565. The van der Waals surface area contributed by atoms with Crippen molar-refractivity contribution in [3.63, 3.8) is 0 Å². The minimum Gasteiger partial charge on any atom is -0.289 e. The summed E-state index contributed by atoms with van der Waals surface area (Å²) in [5, 5.41) is 9.27. The number of carbonyl (C=O) groups excluding carboxylic acids is 2. The SMILES string of the molecule is CC(C)CC(C(=O)NN(CC(C)C)S(C)(=O)=O)C(C/C=C/Cc1ccccc1)C(=O)NO. The number of hydrazine groups is 1. The molecular weight excluding hydrogens is 430 g/mol. The van der Waals surface area contributed by atoms with Crippen LogP contribution in [0.3, 0.4) is 0 Å². The highest BCUT2D eigenvalue weighted by molar-refractivity contribution is 7.88. The van der Waals surface area contributed by atoms with Crippen LogP contribution >= 0.6 is 0 Å². The molecule has 0 aromatic heterocycles. The van der Waals surface area contributed by atoms with Gasteiger partial charge in [0, 0.05) is 6.54 Å². The summed E-state index contributed by atoms with van der Waals surface area (Å²) in [6.07, 6.45) is 6.01. The molecule has 3 N–H and O–H groups in total. The average Bonchev–Trinajstić information content (AvgIpc) is 2.71. The molecule has 0 heterocycles. The number of nitrogens with zero attached hydrogens (tertiary/aromatic N) is 1. The lowest BCUT2D eigenvalue weighted by atomic mass is 9.82. The van der Waals surface area contributed by atoms with E-state index >= 15 is 0 Å². The number of hydrogen-bond donors (Lipinski definition) is 3. The molecule has 0 aliphatic rings. The van der Waals surface area contributed by atoms with Crippen molar-refractivity contribution in [2.45, 2.75) is 47.0 Å². The van der Waals surface area contributed by atoms with E-state index in [-0.39, 0.29) is 24.8 Å². The van der Waals surface area contributed by atoms with E-state index in [2.05, 4.69) is 5.43 Å². The third kappa shape index (κ3) is 9.93. The molecule has 0 saturated carbocycles. The van der Waals surface area contributed by atoms with Crippen molar-refractivity contribution < 1.29 is 23.2 Å². The largest absolute Gasteiger partial charge is 0.289 e. The van der Waals surface area contributed by atoms with Crippen LogP contribution in [-0.2, 0) is 26.0 Å². The molecular formula is C23H37N3O5S. The first-order valence-corrected chi connectivity index (χ1v) is 12.7. The van der Waals surface area contributed by atoms with Crippen LogP contribution in [0, 0.1) is 23.7 Å². The predicted octanol–water partition coefficient (Wildman–Crippen LogP) is 2.91. The first kappa shape index (κ1) is 27.8. The summed E-state index contributed by atoms with van der Waals surface area (Å²) in [5.41, 5.74) is 5.27. The monoisotopic (exact) mass is 467 g/mol. The van der Waals surface area contributed by atoms with Crippen LogP contribution in [0.1, 0.15) is 46.1 Å². The van der Waals surface area contributed by atoms with Crippen LogP contribution in [0.15, 0.2) is 42.5 Å². The molecule has 0 radical (unpaired) electrons. The van der Waals surface area contributed by atoms with Crippen molar-refractivity contribution in [1.82, 2.24) is 15.3 Å². The molecule has 1 aromatic rings. The smallest absolute Gasteiger partial charge is 0.247 e. The van der Waals surface area contributed by atoms with Gasteiger partial charge >= 0.3 is 0 Å². The number of nitrogens with one attached hydrogen (secondary N) is 2. The summed E-state index contributed by atoms with van der Waals surface area (Å²) < 4.78 is 25.2. The van der Waals surface area contributed by atoms with E-state index in [9.17, 15) is 23.2 Å². The Bertz CT molecular complexity index is 854. The Morgan fingerprint density at radius 2 is 1.62 bits per heavy atom. The molecule has 0 aliphatic carbocycles. The zero-order valence-electron chi connectivity index (χ0n) is 19.6. The maximum atomic E-state index is 13.1. The number of hydrogen-bond acceptors (Lipinski definition) is 5. The number of amides is 2. The Hall–Kier alpha value is -2.23. The normalized spacial score (nSPS) is 14.2. The number of rotatable bonds is 13. The van der Waals surface area contributed by atoms with Gasteiger partial charge in [0.1, 0.15) is 0 Å². The lowest BCUT2D eigenvalue weighted by Gasteiger charge is -2.29. The minimum absolute atomic E-state index is 0.00830. The molecule has 8 nitrogen and oxygen atoms in total. The highest BCUT2D eigenvalue weighted by atomic mass is 32.2. The van der Waals surface area contributed by atoms with Crippen LogP contribution in [0.25, 0.3) is 0 Å². The van der Waals surface area contributed by atoms with E-state index in [0.29, 0.717) is 12.8 Å². The van der Waals surface area contributed by atoms with Crippen LogP contribution in [0.5, 0.6) is 0 Å². The Morgan fingerprint density at radius 3 is 2.12 bits per heavy atom.